The Morgan fingerprint density at radius 3 is 2.53 bits per heavy atom. The molecule has 0 aliphatic heterocycles. The van der Waals surface area contributed by atoms with E-state index in [1.165, 1.54) is 25.3 Å². The molecule has 1 aromatic heterocycles. The second kappa shape index (κ2) is 9.50. The van der Waals surface area contributed by atoms with Crippen LogP contribution in [0.4, 0.5) is 9.52 Å². The van der Waals surface area contributed by atoms with Crippen LogP contribution in [0.3, 0.4) is 0 Å². The van der Waals surface area contributed by atoms with Crippen molar-refractivity contribution in [3.63, 3.8) is 0 Å². The Balaban J connectivity index is 1.71. The zero-order chi connectivity index (χ0) is 21.7. The molecule has 3 rings (SSSR count). The highest BCUT2D eigenvalue weighted by atomic mass is 32.2. The van der Waals surface area contributed by atoms with E-state index in [2.05, 4.69) is 14.7 Å². The lowest BCUT2D eigenvalue weighted by molar-refractivity contribution is 0.414. The molecule has 0 radical (unpaired) electrons. The van der Waals surface area contributed by atoms with Crippen LogP contribution in [0.5, 0.6) is 5.75 Å². The lowest BCUT2D eigenvalue weighted by Crippen LogP contribution is -2.43. The molecule has 0 saturated heterocycles. The van der Waals surface area contributed by atoms with Crippen molar-refractivity contribution in [2.75, 3.05) is 18.2 Å². The van der Waals surface area contributed by atoms with E-state index in [9.17, 15) is 12.8 Å². The molecule has 3 aromatic rings. The van der Waals surface area contributed by atoms with Gasteiger partial charge in [0, 0.05) is 24.0 Å². The molecule has 10 heteroatoms. The summed E-state index contributed by atoms with van der Waals surface area (Å²) in [6.45, 7) is 1.72. The van der Waals surface area contributed by atoms with Gasteiger partial charge in [-0.15, -0.1) is 0 Å². The zero-order valence-electron chi connectivity index (χ0n) is 16.6. The quantitative estimate of drug-likeness (QED) is 0.516. The summed E-state index contributed by atoms with van der Waals surface area (Å²) >= 11 is 1.09. The molecule has 30 heavy (non-hydrogen) atoms. The van der Waals surface area contributed by atoms with Crippen molar-refractivity contribution in [3.05, 3.63) is 65.7 Å². The molecule has 2 atom stereocenters. The van der Waals surface area contributed by atoms with Gasteiger partial charge in [-0.05, 0) is 42.8 Å². The number of rotatable bonds is 9. The molecule has 0 amide bonds. The molecule has 7 nitrogen and oxygen atoms in total. The summed E-state index contributed by atoms with van der Waals surface area (Å²) in [5.41, 5.74) is 6.52. The third-order valence-corrected chi connectivity index (χ3v) is 7.01. The largest absolute Gasteiger partial charge is 0.497 e. The first-order chi connectivity index (χ1) is 14.3. The number of methoxy groups -OCH3 is 1. The van der Waals surface area contributed by atoms with E-state index in [1.54, 1.807) is 37.3 Å². The molecule has 0 fully saturated rings. The van der Waals surface area contributed by atoms with Gasteiger partial charge in [-0.1, -0.05) is 18.2 Å². The molecular weight excluding hydrogens is 427 g/mol. The number of hydrogen-bond acceptors (Lipinski definition) is 8. The number of nitrogens with two attached hydrogens (primary N) is 1. The Morgan fingerprint density at radius 2 is 1.90 bits per heavy atom. The van der Waals surface area contributed by atoms with Crippen LogP contribution < -0.4 is 15.8 Å². The summed E-state index contributed by atoms with van der Waals surface area (Å²) in [5, 5.41) is 3.51. The molecule has 0 spiro atoms. The van der Waals surface area contributed by atoms with Crippen molar-refractivity contribution in [3.8, 4) is 5.75 Å². The van der Waals surface area contributed by atoms with Gasteiger partial charge in [0.1, 0.15) is 17.4 Å². The van der Waals surface area contributed by atoms with Gasteiger partial charge in [-0.25, -0.2) is 17.8 Å². The summed E-state index contributed by atoms with van der Waals surface area (Å²) in [7, 11) is -2.07. The van der Waals surface area contributed by atoms with E-state index in [0.29, 0.717) is 22.3 Å². The minimum absolute atomic E-state index is 0.188. The summed E-state index contributed by atoms with van der Waals surface area (Å²) < 4.78 is 48.8. The van der Waals surface area contributed by atoms with Crippen molar-refractivity contribution < 1.29 is 17.5 Å². The van der Waals surface area contributed by atoms with E-state index in [4.69, 9.17) is 10.5 Å². The molecule has 0 bridgehead atoms. The molecule has 2 aromatic carbocycles. The van der Waals surface area contributed by atoms with Crippen LogP contribution in [0.2, 0.25) is 0 Å². The van der Waals surface area contributed by atoms with E-state index in [-0.39, 0.29) is 22.9 Å². The normalized spacial score (nSPS) is 13.6. The van der Waals surface area contributed by atoms with E-state index in [0.717, 1.165) is 11.5 Å². The Labute approximate surface area is 179 Å². The standard InChI is InChI=1S/C20H23FN4O3S2/c1-13(22)18(12-30(26,27)16-9-7-15(28-2)8-10-16)23-20-24-19(25-29-20)11-14-5-3-4-6-17(14)21/h3-10,13,18H,11-12,22H2,1-2H3,(H,23,24,25). The van der Waals surface area contributed by atoms with Crippen molar-refractivity contribution in [1.29, 1.82) is 0 Å². The van der Waals surface area contributed by atoms with Crippen LogP contribution in [0.25, 0.3) is 0 Å². The van der Waals surface area contributed by atoms with E-state index in [1.807, 2.05) is 0 Å². The van der Waals surface area contributed by atoms with Crippen LogP contribution in [-0.4, -0.2) is 42.7 Å². The number of nitrogens with zero attached hydrogens (tertiary/aromatic N) is 2. The highest BCUT2D eigenvalue weighted by Crippen LogP contribution is 2.21. The van der Waals surface area contributed by atoms with Crippen molar-refractivity contribution in [2.45, 2.75) is 30.3 Å². The number of benzene rings is 2. The lowest BCUT2D eigenvalue weighted by Gasteiger charge is -2.21. The molecular formula is C20H23FN4O3S2. The van der Waals surface area contributed by atoms with Crippen molar-refractivity contribution in [2.24, 2.45) is 5.73 Å². The second-order valence-corrected chi connectivity index (χ2v) is 9.64. The number of halogens is 1. The first-order valence-electron chi connectivity index (χ1n) is 9.23. The smallest absolute Gasteiger partial charge is 0.202 e. The van der Waals surface area contributed by atoms with Crippen LogP contribution >= 0.6 is 11.5 Å². The van der Waals surface area contributed by atoms with Gasteiger partial charge >= 0.3 is 0 Å². The summed E-state index contributed by atoms with van der Waals surface area (Å²) in [6, 6.07) is 11.6. The molecule has 0 saturated carbocycles. The number of nitrogens with one attached hydrogen (secondary N) is 1. The van der Waals surface area contributed by atoms with Gasteiger partial charge in [-0.3, -0.25) is 0 Å². The van der Waals surface area contributed by atoms with Gasteiger partial charge < -0.3 is 15.8 Å². The maximum Gasteiger partial charge on any atom is 0.202 e. The fourth-order valence-electron chi connectivity index (χ4n) is 2.80. The van der Waals surface area contributed by atoms with Crippen LogP contribution in [0.15, 0.2) is 53.4 Å². The van der Waals surface area contributed by atoms with Crippen LogP contribution in [0, 0.1) is 5.82 Å². The molecule has 2 unspecified atom stereocenters. The number of hydrogen-bond donors (Lipinski definition) is 2. The number of ether oxygens (including phenoxy) is 1. The van der Waals surface area contributed by atoms with Gasteiger partial charge in [0.15, 0.2) is 9.84 Å². The second-order valence-electron chi connectivity index (χ2n) is 6.85. The predicted octanol–water partition coefficient (Wildman–Crippen LogP) is 2.88. The monoisotopic (exact) mass is 450 g/mol. The summed E-state index contributed by atoms with van der Waals surface area (Å²) in [6.07, 6.45) is 0.248. The van der Waals surface area contributed by atoms with Crippen LogP contribution in [0.1, 0.15) is 18.3 Å². The fraction of sp³-hybridized carbons (Fsp3) is 0.300. The number of anilines is 1. The highest BCUT2D eigenvalue weighted by molar-refractivity contribution is 7.91. The summed E-state index contributed by atoms with van der Waals surface area (Å²) in [5.74, 6) is 0.501. The maximum atomic E-state index is 13.8. The Hall–Kier alpha value is -2.56. The Bertz CT molecular complexity index is 1090. The lowest BCUT2D eigenvalue weighted by atomic mass is 10.1. The average molecular weight is 451 g/mol. The SMILES string of the molecule is COc1ccc(S(=O)(=O)CC(Nc2nc(Cc3ccccc3F)ns2)C(C)N)cc1. The van der Waals surface area contributed by atoms with Gasteiger partial charge in [0.05, 0.1) is 23.8 Å². The first kappa shape index (κ1) is 22.1. The zero-order valence-corrected chi connectivity index (χ0v) is 18.2. The minimum atomic E-state index is -3.59. The average Bonchev–Trinajstić information content (AvgIpc) is 3.16. The fourth-order valence-corrected chi connectivity index (χ4v) is 5.05. The van der Waals surface area contributed by atoms with Crippen LogP contribution in [-0.2, 0) is 16.3 Å². The van der Waals surface area contributed by atoms with Gasteiger partial charge in [0.2, 0.25) is 5.13 Å². The predicted molar refractivity (Wildman–Crippen MR) is 115 cm³/mol. The van der Waals surface area contributed by atoms with E-state index >= 15 is 0 Å². The highest BCUT2D eigenvalue weighted by Gasteiger charge is 2.25. The number of aromatic nitrogens is 2. The maximum absolute atomic E-state index is 13.8. The first-order valence-corrected chi connectivity index (χ1v) is 11.7. The third-order valence-electron chi connectivity index (χ3n) is 4.54. The Morgan fingerprint density at radius 1 is 1.20 bits per heavy atom. The topological polar surface area (TPSA) is 107 Å². The minimum Gasteiger partial charge on any atom is -0.497 e. The molecule has 160 valence electrons. The number of sulfone groups is 1. The molecule has 0 aliphatic carbocycles. The molecule has 0 aliphatic rings. The van der Waals surface area contributed by atoms with Gasteiger partial charge in [-0.2, -0.15) is 4.37 Å². The van der Waals surface area contributed by atoms with Gasteiger partial charge in [0.25, 0.3) is 0 Å². The molecule has 1 heterocycles. The van der Waals surface area contributed by atoms with E-state index < -0.39 is 21.9 Å². The third kappa shape index (κ3) is 5.53. The Kier molecular flexibility index (Phi) is 7.01. The summed E-state index contributed by atoms with van der Waals surface area (Å²) in [4.78, 5) is 4.55. The van der Waals surface area contributed by atoms with Crippen molar-refractivity contribution >= 4 is 26.5 Å². The van der Waals surface area contributed by atoms with Crippen molar-refractivity contribution in [1.82, 2.24) is 9.36 Å². The molecule has 3 N–H and O–H groups in total.